The fraction of sp³-hybridized carbons (Fsp3) is 0.182. The molecular weight excluding hydrogens is 300 g/mol. The summed E-state index contributed by atoms with van der Waals surface area (Å²) in [5, 5.41) is 0.318. The molecule has 0 fully saturated rings. The second-order valence-electron chi connectivity index (χ2n) is 3.83. The van der Waals surface area contributed by atoms with E-state index >= 15 is 0 Å². The fourth-order valence-corrected chi connectivity index (χ4v) is 1.93. The van der Waals surface area contributed by atoms with Gasteiger partial charge in [-0.1, -0.05) is 0 Å². The van der Waals surface area contributed by atoms with Crippen molar-refractivity contribution in [1.82, 2.24) is 0 Å². The molecule has 1 aromatic heterocycles. The van der Waals surface area contributed by atoms with E-state index in [1.54, 1.807) is 0 Å². The number of carbonyl (C=O) groups excluding carboxylic acids is 1. The van der Waals surface area contributed by atoms with Gasteiger partial charge in [-0.05, 0) is 18.2 Å². The van der Waals surface area contributed by atoms with Crippen LogP contribution in [0.25, 0.3) is 11.0 Å². The molecule has 20 heavy (non-hydrogen) atoms. The second-order valence-corrected chi connectivity index (χ2v) is 4.65. The van der Waals surface area contributed by atoms with E-state index in [1.807, 2.05) is 0 Å². The van der Waals surface area contributed by atoms with Gasteiger partial charge in [0.15, 0.2) is 5.78 Å². The molecule has 1 heterocycles. The van der Waals surface area contributed by atoms with Gasteiger partial charge in [0.2, 0.25) is 0 Å². The van der Waals surface area contributed by atoms with Crippen molar-refractivity contribution in [2.75, 3.05) is 6.61 Å². The first-order valence-corrected chi connectivity index (χ1v) is 6.53. The Morgan fingerprint density at radius 2 is 2.10 bits per heavy atom. The molecule has 0 spiro atoms. The molecule has 0 saturated heterocycles. The Labute approximate surface area is 110 Å². The Hall–Kier alpha value is -1.63. The topological polar surface area (TPSA) is 76.7 Å². The second kappa shape index (κ2) is 5.40. The van der Waals surface area contributed by atoms with Gasteiger partial charge in [-0.2, -0.15) is 13.2 Å². The molecule has 1 N–H and O–H groups in total. The van der Waals surface area contributed by atoms with E-state index in [9.17, 15) is 22.5 Å². The van der Waals surface area contributed by atoms with E-state index in [0.717, 1.165) is 6.07 Å². The third-order valence-corrected chi connectivity index (χ3v) is 2.92. The number of fused-ring (bicyclic) bond motifs is 1. The van der Waals surface area contributed by atoms with Crippen LogP contribution in [0.5, 0.6) is 0 Å². The zero-order chi connectivity index (χ0) is 14.9. The Balaban J connectivity index is 2.48. The van der Waals surface area contributed by atoms with Crippen LogP contribution in [0.4, 0.5) is 13.2 Å². The maximum absolute atomic E-state index is 12.9. The summed E-state index contributed by atoms with van der Waals surface area (Å²) < 4.78 is 58.1. The van der Waals surface area contributed by atoms with Crippen LogP contribution in [0.15, 0.2) is 28.9 Å². The summed E-state index contributed by atoms with van der Waals surface area (Å²) in [4.78, 5) is 20.1. The molecule has 0 aliphatic carbocycles. The number of benzene rings is 1. The van der Waals surface area contributed by atoms with Gasteiger partial charge in [-0.3, -0.25) is 9.36 Å². The quantitative estimate of drug-likeness (QED) is 0.694. The number of furan rings is 1. The number of halogens is 3. The van der Waals surface area contributed by atoms with Gasteiger partial charge in [0.25, 0.3) is 0 Å². The highest BCUT2D eigenvalue weighted by molar-refractivity contribution is 7.32. The molecular formula is C11H8F3O5P. The summed E-state index contributed by atoms with van der Waals surface area (Å²) >= 11 is 0. The van der Waals surface area contributed by atoms with Gasteiger partial charge in [0.05, 0.1) is 11.8 Å². The van der Waals surface area contributed by atoms with Gasteiger partial charge in [0, 0.05) is 10.9 Å². The van der Waals surface area contributed by atoms with Crippen LogP contribution in [-0.2, 0) is 15.3 Å². The summed E-state index contributed by atoms with van der Waals surface area (Å²) in [7, 11) is -3.39. The summed E-state index contributed by atoms with van der Waals surface area (Å²) in [5.74, 6) is -1.03. The SMILES string of the molecule is O=C(CO[PH](=O)O)c1cc2ccoc2cc1C(F)(F)F. The minimum atomic E-state index is -4.75. The first-order chi connectivity index (χ1) is 9.29. The highest BCUT2D eigenvalue weighted by atomic mass is 31.1. The summed E-state index contributed by atoms with van der Waals surface area (Å²) in [6, 6.07) is 3.13. The van der Waals surface area contributed by atoms with Crippen LogP contribution in [0.2, 0.25) is 0 Å². The molecule has 0 radical (unpaired) electrons. The Kier molecular flexibility index (Phi) is 3.99. The Morgan fingerprint density at radius 1 is 1.40 bits per heavy atom. The minimum absolute atomic E-state index is 0.00877. The van der Waals surface area contributed by atoms with Gasteiger partial charge in [-0.25, -0.2) is 0 Å². The van der Waals surface area contributed by atoms with Crippen LogP contribution in [0, 0.1) is 0 Å². The number of Topliss-reactive ketones (excluding diaryl/α,β-unsaturated/α-hetero) is 1. The van der Waals surface area contributed by atoms with Crippen LogP contribution < -0.4 is 0 Å². The van der Waals surface area contributed by atoms with Crippen molar-refractivity contribution in [2.45, 2.75) is 6.18 Å². The fourth-order valence-electron chi connectivity index (χ4n) is 1.68. The molecule has 0 aliphatic heterocycles. The van der Waals surface area contributed by atoms with Gasteiger partial charge in [-0.15, -0.1) is 0 Å². The molecule has 9 heteroatoms. The molecule has 5 nitrogen and oxygen atoms in total. The zero-order valence-corrected chi connectivity index (χ0v) is 10.7. The third-order valence-electron chi connectivity index (χ3n) is 2.53. The van der Waals surface area contributed by atoms with Crippen molar-refractivity contribution >= 4 is 25.0 Å². The molecule has 2 rings (SSSR count). The van der Waals surface area contributed by atoms with Crippen LogP contribution in [-0.4, -0.2) is 17.3 Å². The Bertz CT molecular complexity index is 676. The van der Waals surface area contributed by atoms with E-state index in [1.165, 1.54) is 12.3 Å². The van der Waals surface area contributed by atoms with Crippen molar-refractivity contribution in [2.24, 2.45) is 0 Å². The smallest absolute Gasteiger partial charge is 0.417 e. The molecule has 2 aromatic rings. The molecule has 1 unspecified atom stereocenters. The molecule has 0 saturated carbocycles. The van der Waals surface area contributed by atoms with E-state index in [2.05, 4.69) is 4.52 Å². The van der Waals surface area contributed by atoms with Crippen molar-refractivity contribution in [3.8, 4) is 0 Å². The first-order valence-electron chi connectivity index (χ1n) is 5.26. The number of carbonyl (C=O) groups is 1. The average Bonchev–Trinajstić information content (AvgIpc) is 2.80. The number of alkyl halides is 3. The van der Waals surface area contributed by atoms with Crippen molar-refractivity contribution in [1.29, 1.82) is 0 Å². The monoisotopic (exact) mass is 308 g/mol. The summed E-state index contributed by atoms with van der Waals surface area (Å²) in [6.45, 7) is -0.902. The first kappa shape index (κ1) is 14.8. The summed E-state index contributed by atoms with van der Waals surface area (Å²) in [5.41, 5.74) is -1.81. The van der Waals surface area contributed by atoms with Crippen LogP contribution in [0.1, 0.15) is 15.9 Å². The van der Waals surface area contributed by atoms with E-state index in [-0.39, 0.29) is 5.58 Å². The lowest BCUT2D eigenvalue weighted by Crippen LogP contribution is -2.15. The lowest BCUT2D eigenvalue weighted by atomic mass is 10.0. The predicted octanol–water partition coefficient (Wildman–Crippen LogP) is 3.03. The molecule has 108 valence electrons. The largest absolute Gasteiger partial charge is 0.464 e. The van der Waals surface area contributed by atoms with Crippen molar-refractivity contribution in [3.05, 3.63) is 35.6 Å². The van der Waals surface area contributed by atoms with Gasteiger partial charge < -0.3 is 13.8 Å². The number of hydrogen-bond donors (Lipinski definition) is 1. The van der Waals surface area contributed by atoms with Crippen molar-refractivity contribution < 1.29 is 36.4 Å². The molecule has 0 bridgehead atoms. The summed E-state index contributed by atoms with van der Waals surface area (Å²) in [6.07, 6.45) is -3.56. The van der Waals surface area contributed by atoms with Gasteiger partial charge in [0.1, 0.15) is 12.2 Å². The predicted molar refractivity (Wildman–Crippen MR) is 62.7 cm³/mol. The lowest BCUT2D eigenvalue weighted by Gasteiger charge is -2.12. The number of hydrogen-bond acceptors (Lipinski definition) is 4. The zero-order valence-electron chi connectivity index (χ0n) is 9.73. The molecule has 0 amide bonds. The van der Waals surface area contributed by atoms with Crippen LogP contribution >= 0.6 is 8.25 Å². The normalized spacial score (nSPS) is 13.6. The highest BCUT2D eigenvalue weighted by Gasteiger charge is 2.36. The lowest BCUT2D eigenvalue weighted by molar-refractivity contribution is -0.137. The molecule has 0 aliphatic rings. The van der Waals surface area contributed by atoms with E-state index in [0.29, 0.717) is 11.5 Å². The van der Waals surface area contributed by atoms with Crippen molar-refractivity contribution in [3.63, 3.8) is 0 Å². The van der Waals surface area contributed by atoms with E-state index in [4.69, 9.17) is 9.31 Å². The number of ketones is 1. The standard InChI is InChI=1S/C11H8F3O5P/c12-11(13,14)8-4-10-6(1-2-18-10)3-7(8)9(15)5-19-20(16)17/h1-4,20H,5H2,(H,16,17). The maximum Gasteiger partial charge on any atom is 0.417 e. The van der Waals surface area contributed by atoms with Crippen LogP contribution in [0.3, 0.4) is 0 Å². The number of rotatable bonds is 4. The third kappa shape index (κ3) is 3.09. The Morgan fingerprint density at radius 3 is 2.70 bits per heavy atom. The van der Waals surface area contributed by atoms with E-state index < -0.39 is 37.9 Å². The highest BCUT2D eigenvalue weighted by Crippen LogP contribution is 2.35. The van der Waals surface area contributed by atoms with Gasteiger partial charge >= 0.3 is 14.4 Å². The maximum atomic E-state index is 12.9. The minimum Gasteiger partial charge on any atom is -0.464 e. The average molecular weight is 308 g/mol. The molecule has 1 aromatic carbocycles. The molecule has 1 atom stereocenters.